The van der Waals surface area contributed by atoms with Gasteiger partial charge in [-0.05, 0) is 12.5 Å². The molecule has 2 atom stereocenters. The third-order valence-electron chi connectivity index (χ3n) is 3.45. The lowest BCUT2D eigenvalue weighted by atomic mass is 9.91. The summed E-state index contributed by atoms with van der Waals surface area (Å²) in [5, 5.41) is 4.04. The molecule has 2 aromatic rings. The van der Waals surface area contributed by atoms with Crippen molar-refractivity contribution < 1.29 is 4.79 Å². The van der Waals surface area contributed by atoms with Crippen LogP contribution in [0, 0.1) is 0 Å². The van der Waals surface area contributed by atoms with E-state index < -0.39 is 0 Å². The lowest BCUT2D eigenvalue weighted by Crippen LogP contribution is -2.45. The molecule has 0 spiro atoms. The minimum absolute atomic E-state index is 0.0460. The molecule has 0 radical (unpaired) electrons. The Labute approximate surface area is 105 Å². The first-order chi connectivity index (χ1) is 8.75. The van der Waals surface area contributed by atoms with E-state index in [4.69, 9.17) is 5.73 Å². The molecule has 18 heavy (non-hydrogen) atoms. The predicted octanol–water partition coefficient (Wildman–Crippen LogP) is 1.51. The zero-order valence-electron chi connectivity index (χ0n) is 9.97. The number of rotatable bonds is 1. The molecule has 1 aliphatic rings. The lowest BCUT2D eigenvalue weighted by Gasteiger charge is -2.30. The molecule has 1 aromatic heterocycles. The maximum absolute atomic E-state index is 11.5. The minimum atomic E-state index is -0.134. The number of benzene rings is 1. The van der Waals surface area contributed by atoms with Crippen molar-refractivity contribution in [3.05, 3.63) is 42.1 Å². The zero-order valence-corrected chi connectivity index (χ0v) is 9.97. The van der Waals surface area contributed by atoms with Gasteiger partial charge in [-0.3, -0.25) is 9.78 Å². The first kappa shape index (κ1) is 11.2. The van der Waals surface area contributed by atoms with Crippen molar-refractivity contribution in [2.45, 2.75) is 24.9 Å². The Morgan fingerprint density at radius 3 is 3.00 bits per heavy atom. The van der Waals surface area contributed by atoms with Crippen LogP contribution in [0.3, 0.4) is 0 Å². The number of pyridine rings is 1. The highest BCUT2D eigenvalue weighted by atomic mass is 16.1. The fraction of sp³-hybridized carbons (Fsp3) is 0.286. The summed E-state index contributed by atoms with van der Waals surface area (Å²) in [5.41, 5.74) is 8.05. The first-order valence-corrected chi connectivity index (χ1v) is 6.14. The number of carbonyl (C=O) groups is 1. The molecule has 4 nitrogen and oxygen atoms in total. The molecule has 92 valence electrons. The van der Waals surface area contributed by atoms with Gasteiger partial charge in [0.15, 0.2) is 0 Å². The van der Waals surface area contributed by atoms with Gasteiger partial charge in [-0.15, -0.1) is 0 Å². The van der Waals surface area contributed by atoms with Gasteiger partial charge in [-0.25, -0.2) is 0 Å². The number of piperidine rings is 1. The number of hydrogen-bond donors (Lipinski definition) is 2. The highest BCUT2D eigenvalue weighted by molar-refractivity contribution is 5.84. The van der Waals surface area contributed by atoms with Crippen LogP contribution in [-0.4, -0.2) is 16.9 Å². The fourth-order valence-corrected chi connectivity index (χ4v) is 2.50. The third kappa shape index (κ3) is 1.84. The summed E-state index contributed by atoms with van der Waals surface area (Å²) in [5.74, 6) is 0.0645. The van der Waals surface area contributed by atoms with Crippen LogP contribution >= 0.6 is 0 Å². The van der Waals surface area contributed by atoms with Crippen molar-refractivity contribution >= 4 is 16.8 Å². The van der Waals surface area contributed by atoms with Crippen LogP contribution in [0.25, 0.3) is 10.9 Å². The highest BCUT2D eigenvalue weighted by Gasteiger charge is 2.28. The molecule has 0 bridgehead atoms. The van der Waals surface area contributed by atoms with Gasteiger partial charge in [0.2, 0.25) is 5.91 Å². The number of carbonyl (C=O) groups excluding carboxylic acids is 1. The number of hydrogen-bond acceptors (Lipinski definition) is 3. The zero-order chi connectivity index (χ0) is 12.5. The van der Waals surface area contributed by atoms with Crippen LogP contribution in [0.2, 0.25) is 0 Å². The molecule has 0 aliphatic carbocycles. The Kier molecular flexibility index (Phi) is 2.72. The molecule has 3 rings (SSSR count). The number of para-hydroxylation sites is 1. The van der Waals surface area contributed by atoms with Gasteiger partial charge >= 0.3 is 0 Å². The molecule has 1 amide bonds. The average molecular weight is 241 g/mol. The molecule has 2 unspecified atom stereocenters. The van der Waals surface area contributed by atoms with E-state index in [2.05, 4.69) is 10.3 Å². The van der Waals surface area contributed by atoms with Crippen LogP contribution in [0.1, 0.15) is 24.4 Å². The maximum atomic E-state index is 11.5. The van der Waals surface area contributed by atoms with E-state index in [1.807, 2.05) is 30.3 Å². The van der Waals surface area contributed by atoms with E-state index in [0.29, 0.717) is 6.42 Å². The first-order valence-electron chi connectivity index (χ1n) is 6.14. The second-order valence-corrected chi connectivity index (χ2v) is 4.67. The number of nitrogens with two attached hydrogens (primary N) is 1. The SMILES string of the molecule is NC1CCC(=O)NC1c1cccc2cccnc12. The molecule has 3 N–H and O–H groups in total. The lowest BCUT2D eigenvalue weighted by molar-refractivity contribution is -0.123. The van der Waals surface area contributed by atoms with Crippen LogP contribution in [0.15, 0.2) is 36.5 Å². The molecule has 0 saturated carbocycles. The largest absolute Gasteiger partial charge is 0.348 e. The second-order valence-electron chi connectivity index (χ2n) is 4.67. The minimum Gasteiger partial charge on any atom is -0.348 e. The van der Waals surface area contributed by atoms with Crippen molar-refractivity contribution in [1.82, 2.24) is 10.3 Å². The topological polar surface area (TPSA) is 68.0 Å². The van der Waals surface area contributed by atoms with Gasteiger partial charge in [0.25, 0.3) is 0 Å². The normalized spacial score (nSPS) is 23.9. The van der Waals surface area contributed by atoms with Crippen molar-refractivity contribution in [1.29, 1.82) is 0 Å². The molecule has 1 aromatic carbocycles. The summed E-state index contributed by atoms with van der Waals surface area (Å²) in [6.45, 7) is 0. The molecule has 1 saturated heterocycles. The van der Waals surface area contributed by atoms with E-state index >= 15 is 0 Å². The quantitative estimate of drug-likeness (QED) is 0.795. The van der Waals surface area contributed by atoms with E-state index in [-0.39, 0.29) is 18.0 Å². The monoisotopic (exact) mass is 241 g/mol. The Bertz CT molecular complexity index is 591. The summed E-state index contributed by atoms with van der Waals surface area (Å²) < 4.78 is 0. The maximum Gasteiger partial charge on any atom is 0.220 e. The Hall–Kier alpha value is -1.94. The van der Waals surface area contributed by atoms with E-state index in [1.54, 1.807) is 6.20 Å². The predicted molar refractivity (Wildman–Crippen MR) is 69.8 cm³/mol. The standard InChI is InChI=1S/C14H15N3O/c15-11-6-7-12(18)17-14(11)10-5-1-3-9-4-2-8-16-13(9)10/h1-5,8,11,14H,6-7,15H2,(H,17,18). The van der Waals surface area contributed by atoms with Crippen molar-refractivity contribution in [3.63, 3.8) is 0 Å². The van der Waals surface area contributed by atoms with E-state index in [9.17, 15) is 4.79 Å². The number of nitrogens with zero attached hydrogens (tertiary/aromatic N) is 1. The average Bonchev–Trinajstić information content (AvgIpc) is 2.41. The molecule has 4 heteroatoms. The summed E-state index contributed by atoms with van der Waals surface area (Å²) in [6.07, 6.45) is 3.00. The number of nitrogens with one attached hydrogen (secondary N) is 1. The summed E-state index contributed by atoms with van der Waals surface area (Å²) in [4.78, 5) is 16.0. The van der Waals surface area contributed by atoms with Gasteiger partial charge < -0.3 is 11.1 Å². The molecular formula is C14H15N3O. The second kappa shape index (κ2) is 4.38. The highest BCUT2D eigenvalue weighted by Crippen LogP contribution is 2.27. The van der Waals surface area contributed by atoms with Crippen LogP contribution < -0.4 is 11.1 Å². The van der Waals surface area contributed by atoms with Crippen LogP contribution in [0.5, 0.6) is 0 Å². The van der Waals surface area contributed by atoms with Crippen LogP contribution in [-0.2, 0) is 4.79 Å². The summed E-state index contributed by atoms with van der Waals surface area (Å²) >= 11 is 0. The fourth-order valence-electron chi connectivity index (χ4n) is 2.50. The van der Waals surface area contributed by atoms with E-state index in [1.165, 1.54) is 0 Å². The number of amides is 1. The van der Waals surface area contributed by atoms with Crippen molar-refractivity contribution in [3.8, 4) is 0 Å². The molecule has 1 fully saturated rings. The smallest absolute Gasteiger partial charge is 0.220 e. The van der Waals surface area contributed by atoms with Gasteiger partial charge in [-0.1, -0.05) is 24.3 Å². The Morgan fingerprint density at radius 1 is 1.28 bits per heavy atom. The van der Waals surface area contributed by atoms with Crippen LogP contribution in [0.4, 0.5) is 0 Å². The third-order valence-corrected chi connectivity index (χ3v) is 3.45. The van der Waals surface area contributed by atoms with Crippen molar-refractivity contribution in [2.24, 2.45) is 5.73 Å². The van der Waals surface area contributed by atoms with Gasteiger partial charge in [0.1, 0.15) is 0 Å². The number of fused-ring (bicyclic) bond motifs is 1. The van der Waals surface area contributed by atoms with Gasteiger partial charge in [-0.2, -0.15) is 0 Å². The Morgan fingerprint density at radius 2 is 2.11 bits per heavy atom. The summed E-state index contributed by atoms with van der Waals surface area (Å²) in [7, 11) is 0. The Balaban J connectivity index is 2.10. The van der Waals surface area contributed by atoms with Gasteiger partial charge in [0.05, 0.1) is 11.6 Å². The molecule has 1 aliphatic heterocycles. The molecular weight excluding hydrogens is 226 g/mol. The number of aromatic nitrogens is 1. The van der Waals surface area contributed by atoms with E-state index in [0.717, 1.165) is 22.9 Å². The van der Waals surface area contributed by atoms with Gasteiger partial charge in [0, 0.05) is 29.6 Å². The van der Waals surface area contributed by atoms with Crippen molar-refractivity contribution in [2.75, 3.05) is 0 Å². The molecule has 2 heterocycles. The summed E-state index contributed by atoms with van der Waals surface area (Å²) in [6, 6.07) is 9.73.